The topological polar surface area (TPSA) is 79.4 Å². The van der Waals surface area contributed by atoms with E-state index in [9.17, 15) is 4.79 Å². The van der Waals surface area contributed by atoms with Gasteiger partial charge >= 0.3 is 5.69 Å². The zero-order chi connectivity index (χ0) is 13.6. The number of H-pyrrole nitrogens is 2. The second kappa shape index (κ2) is 3.81. The molecule has 0 saturated heterocycles. The van der Waals surface area contributed by atoms with Gasteiger partial charge in [-0.2, -0.15) is 5.10 Å². The highest BCUT2D eigenvalue weighted by atomic mass is 16.1. The van der Waals surface area contributed by atoms with Gasteiger partial charge in [0.15, 0.2) is 5.65 Å². The zero-order valence-corrected chi connectivity index (χ0v) is 11.1. The van der Waals surface area contributed by atoms with Crippen LogP contribution in [0.5, 0.6) is 0 Å². The van der Waals surface area contributed by atoms with Gasteiger partial charge in [-0.15, -0.1) is 0 Å². The minimum atomic E-state index is -0.213. The minimum Gasteiger partial charge on any atom is -0.290 e. The normalized spacial score (nSPS) is 12.2. The average molecular weight is 257 g/mol. The lowest BCUT2D eigenvalue weighted by molar-refractivity contribution is 0.588. The average Bonchev–Trinajstić information content (AvgIpc) is 2.92. The van der Waals surface area contributed by atoms with Gasteiger partial charge in [-0.1, -0.05) is 20.8 Å². The molecule has 3 aromatic heterocycles. The van der Waals surface area contributed by atoms with Crippen molar-refractivity contribution in [2.45, 2.75) is 26.2 Å². The number of rotatable bonds is 1. The van der Waals surface area contributed by atoms with Crippen LogP contribution in [-0.4, -0.2) is 24.7 Å². The maximum absolute atomic E-state index is 12.0. The van der Waals surface area contributed by atoms with Gasteiger partial charge in [0.1, 0.15) is 0 Å². The maximum Gasteiger partial charge on any atom is 0.332 e. The summed E-state index contributed by atoms with van der Waals surface area (Å²) in [7, 11) is 0. The number of hydrogen-bond donors (Lipinski definition) is 2. The van der Waals surface area contributed by atoms with E-state index in [1.165, 1.54) is 0 Å². The Kier molecular flexibility index (Phi) is 2.35. The molecule has 0 spiro atoms. The van der Waals surface area contributed by atoms with Crippen molar-refractivity contribution in [3.8, 4) is 5.69 Å². The van der Waals surface area contributed by atoms with Crippen LogP contribution in [0.15, 0.2) is 29.5 Å². The molecule has 0 radical (unpaired) electrons. The quantitative estimate of drug-likeness (QED) is 0.696. The molecule has 0 aromatic carbocycles. The monoisotopic (exact) mass is 257 g/mol. The fourth-order valence-corrected chi connectivity index (χ4v) is 2.02. The molecule has 0 aliphatic rings. The van der Waals surface area contributed by atoms with Gasteiger partial charge in [0.25, 0.3) is 0 Å². The van der Waals surface area contributed by atoms with Crippen molar-refractivity contribution in [1.29, 1.82) is 0 Å². The summed E-state index contributed by atoms with van der Waals surface area (Å²) >= 11 is 0. The molecule has 3 heterocycles. The van der Waals surface area contributed by atoms with E-state index in [4.69, 9.17) is 0 Å². The molecule has 6 nitrogen and oxygen atoms in total. The van der Waals surface area contributed by atoms with Crippen molar-refractivity contribution in [2.75, 3.05) is 0 Å². The summed E-state index contributed by atoms with van der Waals surface area (Å²) in [4.78, 5) is 19.1. The van der Waals surface area contributed by atoms with Gasteiger partial charge in [-0.25, -0.2) is 9.78 Å². The fraction of sp³-hybridized carbons (Fsp3) is 0.308. The van der Waals surface area contributed by atoms with Gasteiger partial charge in [0, 0.05) is 12.4 Å². The number of aromatic nitrogens is 5. The number of aromatic amines is 2. The Morgan fingerprint density at radius 2 is 2.05 bits per heavy atom. The molecule has 0 unspecified atom stereocenters. The van der Waals surface area contributed by atoms with Crippen LogP contribution in [0.1, 0.15) is 26.3 Å². The third kappa shape index (κ3) is 1.85. The van der Waals surface area contributed by atoms with Crippen molar-refractivity contribution in [1.82, 2.24) is 24.7 Å². The first kappa shape index (κ1) is 11.7. The summed E-state index contributed by atoms with van der Waals surface area (Å²) < 4.78 is 1.57. The summed E-state index contributed by atoms with van der Waals surface area (Å²) in [6.07, 6.45) is 5.09. The van der Waals surface area contributed by atoms with Gasteiger partial charge < -0.3 is 0 Å². The van der Waals surface area contributed by atoms with Gasteiger partial charge in [0.05, 0.1) is 17.4 Å². The van der Waals surface area contributed by atoms with Crippen LogP contribution in [0.4, 0.5) is 0 Å². The van der Waals surface area contributed by atoms with Gasteiger partial charge in [0.2, 0.25) is 0 Å². The van der Waals surface area contributed by atoms with E-state index in [-0.39, 0.29) is 11.1 Å². The van der Waals surface area contributed by atoms with Crippen molar-refractivity contribution >= 4 is 11.2 Å². The van der Waals surface area contributed by atoms with Crippen LogP contribution in [0.2, 0.25) is 0 Å². The van der Waals surface area contributed by atoms with E-state index in [2.05, 4.69) is 40.9 Å². The van der Waals surface area contributed by atoms with Crippen LogP contribution in [-0.2, 0) is 5.41 Å². The first-order valence-electron chi connectivity index (χ1n) is 6.07. The van der Waals surface area contributed by atoms with Gasteiger partial charge in [-0.3, -0.25) is 14.6 Å². The Morgan fingerprint density at radius 3 is 2.68 bits per heavy atom. The molecule has 0 bridgehead atoms. The van der Waals surface area contributed by atoms with Crippen LogP contribution in [0.25, 0.3) is 16.9 Å². The molecular formula is C13H15N5O. The third-order valence-electron chi connectivity index (χ3n) is 3.14. The molecule has 3 aromatic rings. The first-order chi connectivity index (χ1) is 8.97. The number of fused-ring (bicyclic) bond motifs is 1. The van der Waals surface area contributed by atoms with E-state index in [0.717, 1.165) is 11.1 Å². The van der Waals surface area contributed by atoms with Crippen molar-refractivity contribution < 1.29 is 0 Å². The lowest BCUT2D eigenvalue weighted by Crippen LogP contribution is -2.14. The predicted molar refractivity (Wildman–Crippen MR) is 72.5 cm³/mol. The summed E-state index contributed by atoms with van der Waals surface area (Å²) in [5.41, 5.74) is 2.89. The Morgan fingerprint density at radius 1 is 1.26 bits per heavy atom. The molecule has 2 N–H and O–H groups in total. The lowest BCUT2D eigenvalue weighted by Gasteiger charge is -2.18. The van der Waals surface area contributed by atoms with E-state index in [1.54, 1.807) is 23.2 Å². The van der Waals surface area contributed by atoms with Crippen LogP contribution in [0, 0.1) is 0 Å². The molecule has 0 saturated carbocycles. The maximum atomic E-state index is 12.0. The standard InChI is InChI=1S/C13H15N5O/c1-13(2,3)8-4-10-11(14-5-8)17-12(19)18(10)9-6-15-16-7-9/h4-7H,1-3H3,(H,15,16)(H,14,17,19). The SMILES string of the molecule is CC(C)(C)c1cnc2[nH]c(=O)n(-c3cn[nH]c3)c2c1. The molecule has 0 aliphatic carbocycles. The predicted octanol–water partition coefficient (Wildman–Crippen LogP) is 1.73. The second-order valence-corrected chi connectivity index (χ2v) is 5.56. The highest BCUT2D eigenvalue weighted by Crippen LogP contribution is 2.24. The number of nitrogens with one attached hydrogen (secondary N) is 2. The van der Waals surface area contributed by atoms with Crippen molar-refractivity contribution in [3.05, 3.63) is 40.7 Å². The molecule has 0 atom stereocenters. The van der Waals surface area contributed by atoms with Crippen LogP contribution in [0.3, 0.4) is 0 Å². The minimum absolute atomic E-state index is 0.0181. The molecule has 0 aliphatic heterocycles. The van der Waals surface area contributed by atoms with Crippen LogP contribution >= 0.6 is 0 Å². The zero-order valence-electron chi connectivity index (χ0n) is 11.1. The Hall–Kier alpha value is -2.37. The molecule has 19 heavy (non-hydrogen) atoms. The van der Waals surface area contributed by atoms with Crippen molar-refractivity contribution in [2.24, 2.45) is 0 Å². The number of pyridine rings is 1. The second-order valence-electron chi connectivity index (χ2n) is 5.56. The highest BCUT2D eigenvalue weighted by Gasteiger charge is 2.17. The Balaban J connectivity index is 2.33. The Labute approximate surface area is 109 Å². The molecule has 3 rings (SSSR count). The summed E-state index contributed by atoms with van der Waals surface area (Å²) in [5, 5.41) is 6.59. The molecule has 0 amide bonds. The third-order valence-corrected chi connectivity index (χ3v) is 3.14. The van der Waals surface area contributed by atoms with Crippen molar-refractivity contribution in [3.63, 3.8) is 0 Å². The number of hydrogen-bond acceptors (Lipinski definition) is 3. The number of imidazole rings is 1. The largest absolute Gasteiger partial charge is 0.332 e. The fourth-order valence-electron chi connectivity index (χ4n) is 2.02. The smallest absolute Gasteiger partial charge is 0.290 e. The highest BCUT2D eigenvalue weighted by molar-refractivity contribution is 5.74. The van der Waals surface area contributed by atoms with Gasteiger partial charge in [-0.05, 0) is 17.0 Å². The number of nitrogens with zero attached hydrogens (tertiary/aromatic N) is 3. The van der Waals surface area contributed by atoms with E-state index in [1.807, 2.05) is 6.07 Å². The molecule has 6 heteroatoms. The van der Waals surface area contributed by atoms with E-state index in [0.29, 0.717) is 11.3 Å². The molecular weight excluding hydrogens is 242 g/mol. The Bertz CT molecular complexity index is 774. The lowest BCUT2D eigenvalue weighted by atomic mass is 9.88. The summed E-state index contributed by atoms with van der Waals surface area (Å²) in [6.45, 7) is 6.34. The molecule has 0 fully saturated rings. The summed E-state index contributed by atoms with van der Waals surface area (Å²) in [6, 6.07) is 1.99. The van der Waals surface area contributed by atoms with E-state index < -0.39 is 0 Å². The summed E-state index contributed by atoms with van der Waals surface area (Å²) in [5.74, 6) is 0. The first-order valence-corrected chi connectivity index (χ1v) is 6.07. The van der Waals surface area contributed by atoms with E-state index >= 15 is 0 Å². The molecule has 98 valence electrons. The van der Waals surface area contributed by atoms with Crippen LogP contribution < -0.4 is 5.69 Å².